The summed E-state index contributed by atoms with van der Waals surface area (Å²) in [6.07, 6.45) is 0.187. The maximum Gasteiger partial charge on any atom is 0.218 e. The van der Waals surface area contributed by atoms with E-state index in [0.717, 1.165) is 5.56 Å². The van der Waals surface area contributed by atoms with Gasteiger partial charge in [-0.05, 0) is 13.8 Å². The number of benzene rings is 1. The van der Waals surface area contributed by atoms with Crippen LogP contribution in [0.4, 0.5) is 0 Å². The number of aromatic nitrogens is 2. The van der Waals surface area contributed by atoms with E-state index in [-0.39, 0.29) is 6.10 Å². The summed E-state index contributed by atoms with van der Waals surface area (Å²) < 4.78 is 10.9. The molecule has 0 atom stereocenters. The first-order chi connectivity index (χ1) is 9.65. The molecule has 1 heterocycles. The molecule has 0 aliphatic heterocycles. The van der Waals surface area contributed by atoms with Crippen LogP contribution in [0, 0.1) is 0 Å². The standard InChI is InChI=1S/C15H17ClN2O2/c1-11(2)19-8-9-20-14-10-13(16)17-15(18-14)12-6-4-3-5-7-12/h3-7,10-11H,8-9H2,1-2H3. The van der Waals surface area contributed by atoms with E-state index >= 15 is 0 Å². The Morgan fingerprint density at radius 3 is 2.55 bits per heavy atom. The lowest BCUT2D eigenvalue weighted by Crippen LogP contribution is -2.12. The minimum absolute atomic E-state index is 0.187. The second-order valence-electron chi connectivity index (χ2n) is 4.49. The van der Waals surface area contributed by atoms with Crippen molar-refractivity contribution in [3.8, 4) is 17.3 Å². The number of halogens is 1. The average Bonchev–Trinajstić information content (AvgIpc) is 2.44. The molecule has 106 valence electrons. The maximum atomic E-state index is 6.00. The zero-order valence-corrected chi connectivity index (χ0v) is 12.3. The number of hydrogen-bond donors (Lipinski definition) is 0. The van der Waals surface area contributed by atoms with Gasteiger partial charge in [-0.15, -0.1) is 0 Å². The molecule has 5 heteroatoms. The van der Waals surface area contributed by atoms with E-state index in [9.17, 15) is 0 Å². The van der Waals surface area contributed by atoms with Crippen LogP contribution in [-0.2, 0) is 4.74 Å². The smallest absolute Gasteiger partial charge is 0.218 e. The number of rotatable bonds is 6. The molecular formula is C15H17ClN2O2. The summed E-state index contributed by atoms with van der Waals surface area (Å²) in [7, 11) is 0. The fraction of sp³-hybridized carbons (Fsp3) is 0.333. The molecule has 1 aromatic carbocycles. The Morgan fingerprint density at radius 1 is 1.10 bits per heavy atom. The fourth-order valence-electron chi connectivity index (χ4n) is 1.62. The summed E-state index contributed by atoms with van der Waals surface area (Å²) in [6, 6.07) is 11.2. The van der Waals surface area contributed by atoms with Gasteiger partial charge in [0.25, 0.3) is 0 Å². The van der Waals surface area contributed by atoms with Crippen LogP contribution in [0.5, 0.6) is 5.88 Å². The van der Waals surface area contributed by atoms with Gasteiger partial charge in [-0.1, -0.05) is 41.9 Å². The second-order valence-corrected chi connectivity index (χ2v) is 4.87. The molecule has 0 fully saturated rings. The Morgan fingerprint density at radius 2 is 1.85 bits per heavy atom. The first-order valence-corrected chi connectivity index (χ1v) is 6.87. The van der Waals surface area contributed by atoms with Gasteiger partial charge in [0, 0.05) is 11.6 Å². The second kappa shape index (κ2) is 7.22. The highest BCUT2D eigenvalue weighted by Gasteiger charge is 2.06. The summed E-state index contributed by atoms with van der Waals surface area (Å²) in [5.74, 6) is 1.01. The van der Waals surface area contributed by atoms with Crippen LogP contribution >= 0.6 is 11.6 Å². The molecule has 0 saturated carbocycles. The average molecular weight is 293 g/mol. The molecule has 4 nitrogen and oxygen atoms in total. The minimum atomic E-state index is 0.187. The molecule has 20 heavy (non-hydrogen) atoms. The first kappa shape index (κ1) is 14.8. The number of ether oxygens (including phenoxy) is 2. The molecule has 0 amide bonds. The van der Waals surface area contributed by atoms with Crippen LogP contribution < -0.4 is 4.74 Å². The largest absolute Gasteiger partial charge is 0.475 e. The van der Waals surface area contributed by atoms with Gasteiger partial charge in [0.05, 0.1) is 12.7 Å². The molecule has 0 bridgehead atoms. The molecule has 0 spiro atoms. The minimum Gasteiger partial charge on any atom is -0.475 e. The normalized spacial score (nSPS) is 10.8. The molecule has 0 N–H and O–H groups in total. The summed E-state index contributed by atoms with van der Waals surface area (Å²) >= 11 is 6.00. The molecule has 0 aliphatic rings. The molecule has 2 rings (SSSR count). The summed E-state index contributed by atoms with van der Waals surface area (Å²) in [4.78, 5) is 8.55. The van der Waals surface area contributed by atoms with Gasteiger partial charge in [0.2, 0.25) is 5.88 Å². The molecule has 2 aromatic rings. The van der Waals surface area contributed by atoms with Crippen molar-refractivity contribution in [1.82, 2.24) is 9.97 Å². The summed E-state index contributed by atoms with van der Waals surface area (Å²) in [6.45, 7) is 4.91. The van der Waals surface area contributed by atoms with Crippen LogP contribution in [0.1, 0.15) is 13.8 Å². The van der Waals surface area contributed by atoms with E-state index < -0.39 is 0 Å². The third kappa shape index (κ3) is 4.47. The topological polar surface area (TPSA) is 44.2 Å². The van der Waals surface area contributed by atoms with Gasteiger partial charge in [-0.3, -0.25) is 0 Å². The van der Waals surface area contributed by atoms with Gasteiger partial charge in [0.15, 0.2) is 5.82 Å². The van der Waals surface area contributed by atoms with E-state index in [4.69, 9.17) is 21.1 Å². The van der Waals surface area contributed by atoms with Crippen LogP contribution in [0.15, 0.2) is 36.4 Å². The fourth-order valence-corrected chi connectivity index (χ4v) is 1.79. The van der Waals surface area contributed by atoms with E-state index in [2.05, 4.69) is 9.97 Å². The van der Waals surface area contributed by atoms with E-state index in [1.54, 1.807) is 6.07 Å². The SMILES string of the molecule is CC(C)OCCOc1cc(Cl)nc(-c2ccccc2)n1. The van der Waals surface area contributed by atoms with Crippen LogP contribution in [-0.4, -0.2) is 29.3 Å². The molecule has 1 aromatic heterocycles. The van der Waals surface area contributed by atoms with Crippen molar-refractivity contribution >= 4 is 11.6 Å². The Hall–Kier alpha value is -1.65. The van der Waals surface area contributed by atoms with Gasteiger partial charge in [0.1, 0.15) is 11.8 Å². The van der Waals surface area contributed by atoms with Gasteiger partial charge >= 0.3 is 0 Å². The van der Waals surface area contributed by atoms with Gasteiger partial charge in [-0.2, -0.15) is 4.98 Å². The maximum absolute atomic E-state index is 6.00. The van der Waals surface area contributed by atoms with Crippen molar-refractivity contribution in [3.63, 3.8) is 0 Å². The Balaban J connectivity index is 2.05. The van der Waals surface area contributed by atoms with Crippen molar-refractivity contribution in [1.29, 1.82) is 0 Å². The van der Waals surface area contributed by atoms with Crippen molar-refractivity contribution < 1.29 is 9.47 Å². The van der Waals surface area contributed by atoms with E-state index in [1.807, 2.05) is 44.2 Å². The highest BCUT2D eigenvalue weighted by molar-refractivity contribution is 6.29. The lowest BCUT2D eigenvalue weighted by Gasteiger charge is -2.09. The molecule has 0 aliphatic carbocycles. The van der Waals surface area contributed by atoms with Crippen LogP contribution in [0.3, 0.4) is 0 Å². The number of hydrogen-bond acceptors (Lipinski definition) is 4. The first-order valence-electron chi connectivity index (χ1n) is 6.49. The highest BCUT2D eigenvalue weighted by atomic mass is 35.5. The summed E-state index contributed by atoms with van der Waals surface area (Å²) in [5, 5.41) is 0.360. The van der Waals surface area contributed by atoms with Crippen molar-refractivity contribution in [2.24, 2.45) is 0 Å². The molecule has 0 saturated heterocycles. The van der Waals surface area contributed by atoms with Crippen molar-refractivity contribution in [3.05, 3.63) is 41.6 Å². The third-order valence-electron chi connectivity index (χ3n) is 2.49. The van der Waals surface area contributed by atoms with Gasteiger partial charge < -0.3 is 9.47 Å². The highest BCUT2D eigenvalue weighted by Crippen LogP contribution is 2.21. The molecule has 0 unspecified atom stereocenters. The monoisotopic (exact) mass is 292 g/mol. The Kier molecular flexibility index (Phi) is 5.32. The Labute approximate surface area is 123 Å². The predicted molar refractivity (Wildman–Crippen MR) is 79.1 cm³/mol. The van der Waals surface area contributed by atoms with Gasteiger partial charge in [-0.25, -0.2) is 4.98 Å². The lowest BCUT2D eigenvalue weighted by molar-refractivity contribution is 0.0542. The van der Waals surface area contributed by atoms with Crippen LogP contribution in [0.2, 0.25) is 5.15 Å². The molecular weight excluding hydrogens is 276 g/mol. The zero-order valence-electron chi connectivity index (χ0n) is 11.5. The summed E-state index contributed by atoms with van der Waals surface area (Å²) in [5.41, 5.74) is 0.901. The number of nitrogens with zero attached hydrogens (tertiary/aromatic N) is 2. The van der Waals surface area contributed by atoms with E-state index in [0.29, 0.717) is 30.1 Å². The lowest BCUT2D eigenvalue weighted by atomic mass is 10.2. The quantitative estimate of drug-likeness (QED) is 0.603. The Bertz CT molecular complexity index is 547. The predicted octanol–water partition coefficient (Wildman–Crippen LogP) is 3.60. The molecule has 0 radical (unpaired) electrons. The van der Waals surface area contributed by atoms with Crippen molar-refractivity contribution in [2.75, 3.05) is 13.2 Å². The van der Waals surface area contributed by atoms with Crippen molar-refractivity contribution in [2.45, 2.75) is 20.0 Å². The third-order valence-corrected chi connectivity index (χ3v) is 2.68. The van der Waals surface area contributed by atoms with Crippen LogP contribution in [0.25, 0.3) is 11.4 Å². The zero-order chi connectivity index (χ0) is 14.4. The van der Waals surface area contributed by atoms with E-state index in [1.165, 1.54) is 0 Å².